The lowest BCUT2D eigenvalue weighted by atomic mass is 10.0. The van der Waals surface area contributed by atoms with E-state index >= 15 is 0 Å². The van der Waals surface area contributed by atoms with Crippen LogP contribution in [0.25, 0.3) is 0 Å². The minimum absolute atomic E-state index is 0.00590. The first kappa shape index (κ1) is 16.2. The molecule has 3 amide bonds. The summed E-state index contributed by atoms with van der Waals surface area (Å²) >= 11 is 0. The predicted octanol–water partition coefficient (Wildman–Crippen LogP) is -1.22. The van der Waals surface area contributed by atoms with Crippen LogP contribution in [0.3, 0.4) is 0 Å². The monoisotopic (exact) mass is 261 g/mol. The van der Waals surface area contributed by atoms with Gasteiger partial charge in [0.15, 0.2) is 6.10 Å². The zero-order valence-electron chi connectivity index (χ0n) is 10.4. The van der Waals surface area contributed by atoms with E-state index < -0.39 is 29.6 Å². The van der Waals surface area contributed by atoms with Crippen molar-refractivity contribution in [3.63, 3.8) is 0 Å². The maximum Gasteiger partial charge on any atom is 0.332 e. The van der Waals surface area contributed by atoms with Crippen molar-refractivity contribution in [1.29, 1.82) is 0 Å². The van der Waals surface area contributed by atoms with Gasteiger partial charge >= 0.3 is 12.0 Å². The molecule has 0 rings (SSSR count). The smallest absolute Gasteiger partial charge is 0.332 e. The van der Waals surface area contributed by atoms with E-state index in [9.17, 15) is 14.4 Å². The number of hydrogen-bond donors (Lipinski definition) is 5. The lowest BCUT2D eigenvalue weighted by molar-refractivity contribution is -0.146. The fraction of sp³-hybridized carbons (Fsp3) is 0.700. The van der Waals surface area contributed by atoms with Gasteiger partial charge in [0.1, 0.15) is 0 Å². The number of hydrogen-bond acceptors (Lipinski definition) is 4. The Kier molecular flexibility index (Phi) is 6.11. The topological polar surface area (TPSA) is 142 Å². The summed E-state index contributed by atoms with van der Waals surface area (Å²) in [5.74, 6) is -1.88. The fourth-order valence-electron chi connectivity index (χ4n) is 1.28. The highest BCUT2D eigenvalue weighted by Gasteiger charge is 2.22. The number of carbonyl (C=O) groups is 3. The van der Waals surface area contributed by atoms with Gasteiger partial charge in [-0.15, -0.1) is 0 Å². The first-order valence-electron chi connectivity index (χ1n) is 5.39. The third-order valence-corrected chi connectivity index (χ3v) is 2.06. The molecule has 8 nitrogen and oxygen atoms in total. The van der Waals surface area contributed by atoms with E-state index in [2.05, 4.69) is 10.6 Å². The Morgan fingerprint density at radius 2 is 1.89 bits per heavy atom. The molecule has 8 heteroatoms. The maximum atomic E-state index is 11.4. The SMILES string of the molecule is CC(C)(CC(N)=O)NC(=O)NCC[C@H](O)C(=O)O. The molecule has 0 aromatic rings. The summed E-state index contributed by atoms with van der Waals surface area (Å²) in [6.07, 6.45) is -1.62. The van der Waals surface area contributed by atoms with Crippen molar-refractivity contribution >= 4 is 17.9 Å². The molecular formula is C10H19N3O5. The van der Waals surface area contributed by atoms with Gasteiger partial charge in [0.25, 0.3) is 0 Å². The third-order valence-electron chi connectivity index (χ3n) is 2.06. The van der Waals surface area contributed by atoms with Crippen LogP contribution >= 0.6 is 0 Å². The molecule has 0 bridgehead atoms. The van der Waals surface area contributed by atoms with Gasteiger partial charge in [0.2, 0.25) is 5.91 Å². The number of rotatable bonds is 7. The van der Waals surface area contributed by atoms with Gasteiger partial charge in [0.05, 0.1) is 0 Å². The Balaban J connectivity index is 3.97. The number of urea groups is 1. The molecule has 104 valence electrons. The largest absolute Gasteiger partial charge is 0.479 e. The number of carbonyl (C=O) groups excluding carboxylic acids is 2. The van der Waals surface area contributed by atoms with Crippen molar-refractivity contribution in [2.24, 2.45) is 5.73 Å². The lowest BCUT2D eigenvalue weighted by Gasteiger charge is -2.24. The van der Waals surface area contributed by atoms with E-state index in [-0.39, 0.29) is 19.4 Å². The van der Waals surface area contributed by atoms with E-state index in [0.717, 1.165) is 0 Å². The second-order valence-electron chi connectivity index (χ2n) is 4.55. The van der Waals surface area contributed by atoms with Crippen LogP contribution in [0.1, 0.15) is 26.7 Å². The summed E-state index contributed by atoms with van der Waals surface area (Å²) in [7, 11) is 0. The molecule has 0 fully saturated rings. The average molecular weight is 261 g/mol. The van der Waals surface area contributed by atoms with Crippen molar-refractivity contribution in [2.45, 2.75) is 38.3 Å². The molecular weight excluding hydrogens is 242 g/mol. The van der Waals surface area contributed by atoms with Crippen LogP contribution in [-0.2, 0) is 9.59 Å². The van der Waals surface area contributed by atoms with Crippen LogP contribution in [0.5, 0.6) is 0 Å². The maximum absolute atomic E-state index is 11.4. The number of carboxylic acid groups (broad SMARTS) is 1. The molecule has 0 aromatic heterocycles. The average Bonchev–Trinajstić information content (AvgIpc) is 2.13. The molecule has 0 unspecified atom stereocenters. The van der Waals surface area contributed by atoms with Gasteiger partial charge in [-0.3, -0.25) is 4.79 Å². The van der Waals surface area contributed by atoms with Crippen LogP contribution in [0, 0.1) is 0 Å². The normalized spacial score (nSPS) is 12.6. The molecule has 18 heavy (non-hydrogen) atoms. The summed E-state index contributed by atoms with van der Waals surface area (Å²) in [4.78, 5) is 32.4. The Morgan fingerprint density at radius 3 is 2.33 bits per heavy atom. The van der Waals surface area contributed by atoms with Crippen LogP contribution in [0.4, 0.5) is 4.79 Å². The van der Waals surface area contributed by atoms with Crippen LogP contribution < -0.4 is 16.4 Å². The highest BCUT2D eigenvalue weighted by atomic mass is 16.4. The van der Waals surface area contributed by atoms with Gasteiger partial charge in [-0.1, -0.05) is 0 Å². The Morgan fingerprint density at radius 1 is 1.33 bits per heavy atom. The molecule has 0 saturated carbocycles. The Bertz CT molecular complexity index is 329. The van der Waals surface area contributed by atoms with Crippen molar-refractivity contribution in [3.05, 3.63) is 0 Å². The van der Waals surface area contributed by atoms with E-state index in [1.807, 2.05) is 0 Å². The standard InChI is InChI=1S/C10H19N3O5/c1-10(2,5-7(11)15)13-9(18)12-4-3-6(14)8(16)17/h6,14H,3-5H2,1-2H3,(H2,11,15)(H,16,17)(H2,12,13,18)/t6-/m0/s1. The fourth-order valence-corrected chi connectivity index (χ4v) is 1.28. The Labute approximate surface area is 105 Å². The second kappa shape index (κ2) is 6.80. The van der Waals surface area contributed by atoms with Gasteiger partial charge in [-0.05, 0) is 13.8 Å². The molecule has 1 atom stereocenters. The highest BCUT2D eigenvalue weighted by molar-refractivity contribution is 5.78. The zero-order valence-corrected chi connectivity index (χ0v) is 10.4. The molecule has 0 heterocycles. The van der Waals surface area contributed by atoms with Crippen molar-refractivity contribution in [2.75, 3.05) is 6.54 Å². The summed E-state index contributed by atoms with van der Waals surface area (Å²) in [5, 5.41) is 22.2. The molecule has 0 aliphatic heterocycles. The first-order chi connectivity index (χ1) is 8.14. The first-order valence-corrected chi connectivity index (χ1v) is 5.39. The summed E-state index contributed by atoms with van der Waals surface area (Å²) < 4.78 is 0. The molecule has 0 radical (unpaired) electrons. The number of primary amides is 1. The number of nitrogens with two attached hydrogens (primary N) is 1. The summed E-state index contributed by atoms with van der Waals surface area (Å²) in [6, 6.07) is -0.557. The number of amides is 3. The minimum atomic E-state index is -1.51. The lowest BCUT2D eigenvalue weighted by Crippen LogP contribution is -2.50. The second-order valence-corrected chi connectivity index (χ2v) is 4.55. The number of aliphatic hydroxyl groups excluding tert-OH is 1. The molecule has 6 N–H and O–H groups in total. The van der Waals surface area contributed by atoms with E-state index in [1.165, 1.54) is 0 Å². The van der Waals surface area contributed by atoms with E-state index in [1.54, 1.807) is 13.8 Å². The number of aliphatic carboxylic acids is 1. The quantitative estimate of drug-likeness (QED) is 0.390. The van der Waals surface area contributed by atoms with Crippen LogP contribution in [0.2, 0.25) is 0 Å². The van der Waals surface area contributed by atoms with Crippen molar-refractivity contribution in [1.82, 2.24) is 10.6 Å². The van der Waals surface area contributed by atoms with Crippen LogP contribution in [-0.4, -0.2) is 46.3 Å². The summed E-state index contributed by atoms with van der Waals surface area (Å²) in [5.41, 5.74) is 4.23. The number of nitrogens with one attached hydrogen (secondary N) is 2. The van der Waals surface area contributed by atoms with E-state index in [0.29, 0.717) is 0 Å². The molecule has 0 aromatic carbocycles. The molecule has 0 spiro atoms. The zero-order chi connectivity index (χ0) is 14.3. The molecule has 0 saturated heterocycles. The molecule has 0 aliphatic carbocycles. The van der Waals surface area contributed by atoms with Crippen LogP contribution in [0.15, 0.2) is 0 Å². The van der Waals surface area contributed by atoms with Crippen molar-refractivity contribution in [3.8, 4) is 0 Å². The van der Waals surface area contributed by atoms with Gasteiger partial charge < -0.3 is 26.6 Å². The summed E-state index contributed by atoms with van der Waals surface area (Å²) in [6.45, 7) is 3.26. The minimum Gasteiger partial charge on any atom is -0.479 e. The third kappa shape index (κ3) is 7.44. The van der Waals surface area contributed by atoms with Gasteiger partial charge in [0, 0.05) is 24.9 Å². The number of carboxylic acids is 1. The molecule has 0 aliphatic rings. The Hall–Kier alpha value is -1.83. The van der Waals surface area contributed by atoms with Crippen molar-refractivity contribution < 1.29 is 24.6 Å². The number of aliphatic hydroxyl groups is 1. The predicted molar refractivity (Wildman–Crippen MR) is 62.7 cm³/mol. The van der Waals surface area contributed by atoms with Gasteiger partial charge in [-0.25, -0.2) is 9.59 Å². The highest BCUT2D eigenvalue weighted by Crippen LogP contribution is 2.06. The van der Waals surface area contributed by atoms with E-state index in [4.69, 9.17) is 15.9 Å². The van der Waals surface area contributed by atoms with Gasteiger partial charge in [-0.2, -0.15) is 0 Å².